The SMILES string of the molecule is CC/C=C\C/C=C\C/C=C\C/C=C\CCCCCCC(=O)OCC(COP(=O)(O)OCCN(C)C)OC(=O)CCCCCCCCC/C=C\CCCCCC. The van der Waals surface area contributed by atoms with Gasteiger partial charge in [0.2, 0.25) is 0 Å². The first kappa shape index (κ1) is 52.7. The molecule has 2 atom stereocenters. The third-order valence-corrected chi connectivity index (χ3v) is 9.79. The average molecular weight is 794 g/mol. The Balaban J connectivity index is 4.35. The van der Waals surface area contributed by atoms with Gasteiger partial charge in [-0.3, -0.25) is 18.6 Å². The monoisotopic (exact) mass is 794 g/mol. The highest BCUT2D eigenvalue weighted by atomic mass is 31.2. The van der Waals surface area contributed by atoms with E-state index in [1.807, 2.05) is 19.0 Å². The fourth-order valence-electron chi connectivity index (χ4n) is 5.50. The fourth-order valence-corrected chi connectivity index (χ4v) is 6.24. The van der Waals surface area contributed by atoms with Gasteiger partial charge in [0.15, 0.2) is 6.10 Å². The largest absolute Gasteiger partial charge is 0.472 e. The fraction of sp³-hybridized carbons (Fsp3) is 0.733. The average Bonchev–Trinajstić information content (AvgIpc) is 3.15. The molecule has 0 saturated heterocycles. The second-order valence-electron chi connectivity index (χ2n) is 14.5. The number of hydrogen-bond donors (Lipinski definition) is 1. The minimum absolute atomic E-state index is 0.0000969. The Morgan fingerprint density at radius 2 is 1.04 bits per heavy atom. The number of ether oxygens (including phenoxy) is 2. The molecule has 0 bridgehead atoms. The van der Waals surface area contributed by atoms with Crippen LogP contribution in [0.2, 0.25) is 0 Å². The first-order valence-electron chi connectivity index (χ1n) is 21.6. The molecule has 0 aliphatic rings. The van der Waals surface area contributed by atoms with Crippen molar-refractivity contribution in [2.75, 3.05) is 40.5 Å². The van der Waals surface area contributed by atoms with E-state index in [9.17, 15) is 19.0 Å². The van der Waals surface area contributed by atoms with Gasteiger partial charge in [0.1, 0.15) is 6.61 Å². The molecule has 55 heavy (non-hydrogen) atoms. The summed E-state index contributed by atoms with van der Waals surface area (Å²) in [5.41, 5.74) is 0. The molecule has 1 N–H and O–H groups in total. The van der Waals surface area contributed by atoms with Gasteiger partial charge in [0, 0.05) is 19.4 Å². The summed E-state index contributed by atoms with van der Waals surface area (Å²) in [6, 6.07) is 0. The number of allylic oxidation sites excluding steroid dienone is 10. The van der Waals surface area contributed by atoms with Gasteiger partial charge in [-0.2, -0.15) is 0 Å². The second-order valence-corrected chi connectivity index (χ2v) is 15.9. The minimum atomic E-state index is -4.37. The zero-order valence-corrected chi connectivity index (χ0v) is 36.2. The molecule has 0 aromatic rings. The van der Waals surface area contributed by atoms with E-state index < -0.39 is 32.5 Å². The van der Waals surface area contributed by atoms with E-state index in [0.717, 1.165) is 77.0 Å². The van der Waals surface area contributed by atoms with E-state index in [-0.39, 0.29) is 26.1 Å². The van der Waals surface area contributed by atoms with Gasteiger partial charge in [-0.1, -0.05) is 139 Å². The molecule has 10 heteroatoms. The lowest BCUT2D eigenvalue weighted by atomic mass is 10.1. The normalized spacial score (nSPS) is 14.0. The summed E-state index contributed by atoms with van der Waals surface area (Å²) in [7, 11) is -0.731. The molecule has 0 radical (unpaired) electrons. The molecule has 0 amide bonds. The van der Waals surface area contributed by atoms with Gasteiger partial charge >= 0.3 is 19.8 Å². The van der Waals surface area contributed by atoms with Crippen molar-refractivity contribution in [2.24, 2.45) is 0 Å². The Morgan fingerprint density at radius 3 is 1.56 bits per heavy atom. The Kier molecular flexibility index (Phi) is 38.3. The van der Waals surface area contributed by atoms with Crippen molar-refractivity contribution in [2.45, 2.75) is 174 Å². The van der Waals surface area contributed by atoms with Crippen LogP contribution < -0.4 is 0 Å². The third kappa shape index (κ3) is 41.2. The van der Waals surface area contributed by atoms with E-state index in [2.05, 4.69) is 74.6 Å². The number of nitrogens with zero attached hydrogens (tertiary/aromatic N) is 1. The zero-order valence-electron chi connectivity index (χ0n) is 35.3. The first-order chi connectivity index (χ1) is 26.7. The van der Waals surface area contributed by atoms with Crippen molar-refractivity contribution in [1.29, 1.82) is 0 Å². The molecule has 0 aromatic heterocycles. The van der Waals surface area contributed by atoms with E-state index in [1.165, 1.54) is 51.4 Å². The Bertz CT molecular complexity index is 1100. The Hall–Kier alpha value is -2.29. The number of hydrogen-bond acceptors (Lipinski definition) is 8. The predicted molar refractivity (Wildman–Crippen MR) is 229 cm³/mol. The molecule has 0 fully saturated rings. The number of esters is 2. The maximum absolute atomic E-state index is 12.6. The van der Waals surface area contributed by atoms with Crippen LogP contribution in [0.25, 0.3) is 0 Å². The molecule has 9 nitrogen and oxygen atoms in total. The molecule has 0 aliphatic heterocycles. The molecule has 0 rings (SSSR count). The van der Waals surface area contributed by atoms with Crippen LogP contribution in [0.15, 0.2) is 60.8 Å². The van der Waals surface area contributed by atoms with Crippen molar-refractivity contribution < 1.29 is 37.6 Å². The number of phosphoric acid groups is 1. The standard InChI is InChI=1S/C45H80NO8P/c1-5-7-9-11-13-15-17-19-21-22-24-25-27-29-31-33-35-37-44(47)51-41-43(42-53-55(49,50)52-40-39-46(3)4)54-45(48)38-36-34-32-30-28-26-23-20-18-16-14-12-10-8-6-2/h7,9,13,15-16,18-19,21,24-25,43H,5-6,8,10-12,14,17,20,22-23,26-42H2,1-4H3,(H,49,50)/b9-7-,15-13-,18-16-,21-19-,25-24-. The summed E-state index contributed by atoms with van der Waals surface area (Å²) in [6.45, 7) is 4.15. The lowest BCUT2D eigenvalue weighted by Crippen LogP contribution is -2.29. The second kappa shape index (κ2) is 39.9. The summed E-state index contributed by atoms with van der Waals surface area (Å²) >= 11 is 0. The maximum atomic E-state index is 12.6. The van der Waals surface area contributed by atoms with Gasteiger partial charge in [-0.05, 0) is 91.1 Å². The predicted octanol–water partition coefficient (Wildman–Crippen LogP) is 12.3. The quantitative estimate of drug-likeness (QED) is 0.0281. The highest BCUT2D eigenvalue weighted by molar-refractivity contribution is 7.47. The van der Waals surface area contributed by atoms with Crippen LogP contribution in [0.1, 0.15) is 168 Å². The van der Waals surface area contributed by atoms with Gasteiger partial charge in [-0.15, -0.1) is 0 Å². The Labute approximate surface area is 336 Å². The smallest absolute Gasteiger partial charge is 0.462 e. The number of carbonyl (C=O) groups excluding carboxylic acids is 2. The topological polar surface area (TPSA) is 112 Å². The molecule has 2 unspecified atom stereocenters. The summed E-state index contributed by atoms with van der Waals surface area (Å²) in [4.78, 5) is 37.0. The maximum Gasteiger partial charge on any atom is 0.472 e. The van der Waals surface area contributed by atoms with Crippen molar-refractivity contribution in [3.63, 3.8) is 0 Å². The van der Waals surface area contributed by atoms with E-state index in [0.29, 0.717) is 19.4 Å². The summed E-state index contributed by atoms with van der Waals surface area (Å²) in [6.07, 6.45) is 45.5. The minimum Gasteiger partial charge on any atom is -0.462 e. The number of likely N-dealkylation sites (N-methyl/N-ethyl adjacent to an activating group) is 1. The lowest BCUT2D eigenvalue weighted by molar-refractivity contribution is -0.161. The molecular weight excluding hydrogens is 713 g/mol. The van der Waals surface area contributed by atoms with E-state index in [1.54, 1.807) is 0 Å². The Morgan fingerprint density at radius 1 is 0.582 bits per heavy atom. The van der Waals surface area contributed by atoms with Crippen molar-refractivity contribution in [1.82, 2.24) is 4.90 Å². The van der Waals surface area contributed by atoms with Crippen molar-refractivity contribution >= 4 is 19.8 Å². The summed E-state index contributed by atoms with van der Waals surface area (Å²) in [5.74, 6) is -0.839. The number of carbonyl (C=O) groups is 2. The van der Waals surface area contributed by atoms with Crippen molar-refractivity contribution in [3.8, 4) is 0 Å². The highest BCUT2D eigenvalue weighted by Crippen LogP contribution is 2.43. The van der Waals surface area contributed by atoms with Crippen LogP contribution >= 0.6 is 7.82 Å². The summed E-state index contributed by atoms with van der Waals surface area (Å²) < 4.78 is 33.4. The van der Waals surface area contributed by atoms with Crippen molar-refractivity contribution in [3.05, 3.63) is 60.8 Å². The van der Waals surface area contributed by atoms with Crippen LogP contribution in [0.4, 0.5) is 0 Å². The van der Waals surface area contributed by atoms with Gasteiger partial charge in [0.05, 0.1) is 13.2 Å². The van der Waals surface area contributed by atoms with Crippen LogP contribution in [0.5, 0.6) is 0 Å². The van der Waals surface area contributed by atoms with E-state index in [4.69, 9.17) is 18.5 Å². The molecule has 0 heterocycles. The molecule has 0 aromatic carbocycles. The van der Waals surface area contributed by atoms with Crippen LogP contribution in [-0.4, -0.2) is 68.3 Å². The third-order valence-electron chi connectivity index (χ3n) is 8.81. The van der Waals surface area contributed by atoms with Crippen LogP contribution in [0, 0.1) is 0 Å². The van der Waals surface area contributed by atoms with Crippen LogP contribution in [0.3, 0.4) is 0 Å². The van der Waals surface area contributed by atoms with Crippen LogP contribution in [-0.2, 0) is 32.7 Å². The van der Waals surface area contributed by atoms with Gasteiger partial charge in [0.25, 0.3) is 0 Å². The number of phosphoric ester groups is 1. The lowest BCUT2D eigenvalue weighted by Gasteiger charge is -2.20. The van der Waals surface area contributed by atoms with E-state index >= 15 is 0 Å². The summed E-state index contributed by atoms with van der Waals surface area (Å²) in [5, 5.41) is 0. The zero-order chi connectivity index (χ0) is 40.5. The molecule has 0 aliphatic carbocycles. The molecule has 0 spiro atoms. The molecule has 0 saturated carbocycles. The molecule has 318 valence electrons. The first-order valence-corrected chi connectivity index (χ1v) is 23.1. The van der Waals surface area contributed by atoms with Gasteiger partial charge < -0.3 is 19.3 Å². The van der Waals surface area contributed by atoms with Gasteiger partial charge in [-0.25, -0.2) is 4.57 Å². The number of unbranched alkanes of at least 4 members (excludes halogenated alkanes) is 15. The highest BCUT2D eigenvalue weighted by Gasteiger charge is 2.26. The molecular formula is C45H80NO8P. The number of rotatable bonds is 39.